The van der Waals surface area contributed by atoms with Crippen molar-refractivity contribution in [3.05, 3.63) is 63.2 Å². The Morgan fingerprint density at radius 1 is 1.12 bits per heavy atom. The van der Waals surface area contributed by atoms with Gasteiger partial charge in [0.25, 0.3) is 11.1 Å². The summed E-state index contributed by atoms with van der Waals surface area (Å²) < 4.78 is 26.4. The van der Waals surface area contributed by atoms with Crippen LogP contribution in [0.25, 0.3) is 12.2 Å². The first-order chi connectivity index (χ1) is 16.3. The second-order valence-corrected chi connectivity index (χ2v) is 11.0. The van der Waals surface area contributed by atoms with Crippen molar-refractivity contribution < 1.29 is 22.8 Å². The summed E-state index contributed by atoms with van der Waals surface area (Å²) in [6, 6.07) is 10.00. The zero-order valence-corrected chi connectivity index (χ0v) is 21.2. The van der Waals surface area contributed by atoms with Gasteiger partial charge in [-0.3, -0.25) is 19.3 Å². The molecule has 1 N–H and O–H groups in total. The molecule has 0 unspecified atom stereocenters. The first kappa shape index (κ1) is 25.9. The zero-order valence-electron chi connectivity index (χ0n) is 18.8. The third-order valence-corrected chi connectivity index (χ3v) is 8.77. The number of hydrogen-bond acceptors (Lipinski definition) is 7. The molecule has 2 aromatic rings. The summed E-state index contributed by atoms with van der Waals surface area (Å²) in [5, 5.41) is 4.17. The lowest BCUT2D eigenvalue weighted by atomic mass is 10.2. The maximum Gasteiger partial charge on any atom is 0.293 e. The van der Waals surface area contributed by atoms with Crippen LogP contribution in [-0.4, -0.2) is 60.9 Å². The van der Waals surface area contributed by atoms with Crippen LogP contribution in [0.2, 0.25) is 0 Å². The van der Waals surface area contributed by atoms with Crippen LogP contribution < -0.4 is 5.32 Å². The van der Waals surface area contributed by atoms with Gasteiger partial charge in [-0.25, -0.2) is 8.42 Å². The van der Waals surface area contributed by atoms with E-state index in [1.807, 2.05) is 17.5 Å². The molecule has 0 radical (unpaired) electrons. The Balaban J connectivity index is 1.51. The number of nitrogens with zero attached hydrogens (tertiary/aromatic N) is 2. The summed E-state index contributed by atoms with van der Waals surface area (Å²) in [6.45, 7) is 4.54. The number of amides is 3. The summed E-state index contributed by atoms with van der Waals surface area (Å²) in [7, 11) is -3.53. The Kier molecular flexibility index (Phi) is 8.84. The van der Waals surface area contributed by atoms with Gasteiger partial charge in [0.05, 0.1) is 9.80 Å². The van der Waals surface area contributed by atoms with E-state index in [1.165, 1.54) is 33.9 Å². The molecule has 0 bridgehead atoms. The standard InChI is InChI=1S/C23H25N3O5S3/c1-3-25(4-2)34(30,31)19-10-7-17(8-11-19)9-12-21(27)24-13-14-26-22(28)20(33-23(26)29)16-18-6-5-15-32-18/h5-12,15-16H,3-4,13-14H2,1-2H3,(H,24,27). The van der Waals surface area contributed by atoms with Crippen LogP contribution in [0.3, 0.4) is 0 Å². The minimum Gasteiger partial charge on any atom is -0.351 e. The Bertz CT molecular complexity index is 1200. The predicted molar refractivity (Wildman–Crippen MR) is 136 cm³/mol. The maximum absolute atomic E-state index is 12.5. The van der Waals surface area contributed by atoms with E-state index in [4.69, 9.17) is 0 Å². The molecule has 34 heavy (non-hydrogen) atoms. The minimum absolute atomic E-state index is 0.0734. The van der Waals surface area contributed by atoms with Gasteiger partial charge < -0.3 is 5.32 Å². The van der Waals surface area contributed by atoms with Crippen LogP contribution in [0.4, 0.5) is 4.79 Å². The molecule has 180 valence electrons. The fraction of sp³-hybridized carbons (Fsp3) is 0.261. The van der Waals surface area contributed by atoms with Gasteiger partial charge in [0.2, 0.25) is 15.9 Å². The number of hydrogen-bond donors (Lipinski definition) is 1. The Hall–Kier alpha value is -2.73. The molecule has 2 heterocycles. The molecule has 1 saturated heterocycles. The van der Waals surface area contributed by atoms with Crippen LogP contribution in [0.15, 0.2) is 57.7 Å². The second-order valence-electron chi connectivity index (χ2n) is 7.13. The van der Waals surface area contributed by atoms with Crippen molar-refractivity contribution in [1.29, 1.82) is 0 Å². The van der Waals surface area contributed by atoms with Gasteiger partial charge in [-0.2, -0.15) is 4.31 Å². The summed E-state index contributed by atoms with van der Waals surface area (Å²) in [6.07, 6.45) is 4.57. The summed E-state index contributed by atoms with van der Waals surface area (Å²) >= 11 is 2.36. The van der Waals surface area contributed by atoms with Crippen molar-refractivity contribution >= 4 is 62.3 Å². The molecular formula is C23H25N3O5S3. The predicted octanol–water partition coefficient (Wildman–Crippen LogP) is 3.64. The minimum atomic E-state index is -3.53. The molecule has 3 rings (SSSR count). The van der Waals surface area contributed by atoms with Crippen LogP contribution in [0.1, 0.15) is 24.3 Å². The van der Waals surface area contributed by atoms with Crippen LogP contribution >= 0.6 is 23.1 Å². The van der Waals surface area contributed by atoms with Crippen LogP contribution in [0.5, 0.6) is 0 Å². The highest BCUT2D eigenvalue weighted by Crippen LogP contribution is 2.32. The Labute approximate surface area is 207 Å². The van der Waals surface area contributed by atoms with Crippen molar-refractivity contribution in [2.75, 3.05) is 26.2 Å². The smallest absolute Gasteiger partial charge is 0.293 e. The Morgan fingerprint density at radius 2 is 1.82 bits per heavy atom. The highest BCUT2D eigenvalue weighted by molar-refractivity contribution is 8.18. The van der Waals surface area contributed by atoms with E-state index >= 15 is 0 Å². The van der Waals surface area contributed by atoms with E-state index in [0.29, 0.717) is 23.6 Å². The van der Waals surface area contributed by atoms with E-state index in [-0.39, 0.29) is 35.0 Å². The molecule has 1 aliphatic heterocycles. The van der Waals surface area contributed by atoms with Gasteiger partial charge in [0.1, 0.15) is 0 Å². The van der Waals surface area contributed by atoms with Crippen LogP contribution in [-0.2, 0) is 19.6 Å². The lowest BCUT2D eigenvalue weighted by molar-refractivity contribution is -0.123. The number of sulfonamides is 1. The molecule has 0 atom stereocenters. The highest BCUT2D eigenvalue weighted by Gasteiger charge is 2.34. The number of carbonyl (C=O) groups excluding carboxylic acids is 3. The average molecular weight is 520 g/mol. The van der Waals surface area contributed by atoms with Crippen molar-refractivity contribution in [1.82, 2.24) is 14.5 Å². The molecular weight excluding hydrogens is 494 g/mol. The van der Waals surface area contributed by atoms with Gasteiger partial charge in [-0.05, 0) is 53.1 Å². The van der Waals surface area contributed by atoms with Crippen molar-refractivity contribution in [2.45, 2.75) is 18.7 Å². The number of benzene rings is 1. The van der Waals surface area contributed by atoms with E-state index < -0.39 is 10.0 Å². The number of thioether (sulfide) groups is 1. The number of rotatable bonds is 10. The molecule has 1 aliphatic rings. The second kappa shape index (κ2) is 11.6. The summed E-state index contributed by atoms with van der Waals surface area (Å²) in [5.41, 5.74) is 0.665. The van der Waals surface area contributed by atoms with E-state index in [2.05, 4.69) is 5.32 Å². The van der Waals surface area contributed by atoms with E-state index in [0.717, 1.165) is 21.5 Å². The van der Waals surface area contributed by atoms with E-state index in [9.17, 15) is 22.8 Å². The molecule has 0 aliphatic carbocycles. The third kappa shape index (κ3) is 6.23. The highest BCUT2D eigenvalue weighted by atomic mass is 32.2. The zero-order chi connectivity index (χ0) is 24.7. The quantitative estimate of drug-likeness (QED) is 0.481. The maximum atomic E-state index is 12.5. The monoisotopic (exact) mass is 519 g/mol. The molecule has 11 heteroatoms. The molecule has 1 aromatic carbocycles. The first-order valence-corrected chi connectivity index (χ1v) is 13.7. The average Bonchev–Trinajstić information content (AvgIpc) is 3.42. The van der Waals surface area contributed by atoms with Crippen molar-refractivity contribution in [3.63, 3.8) is 0 Å². The summed E-state index contributed by atoms with van der Waals surface area (Å²) in [5.74, 6) is -0.756. The number of nitrogens with one attached hydrogen (secondary N) is 1. The van der Waals surface area contributed by atoms with Gasteiger partial charge >= 0.3 is 0 Å². The van der Waals surface area contributed by atoms with Crippen molar-refractivity contribution in [3.8, 4) is 0 Å². The third-order valence-electron chi connectivity index (χ3n) is 4.98. The van der Waals surface area contributed by atoms with Gasteiger partial charge in [-0.1, -0.05) is 32.0 Å². The molecule has 8 nitrogen and oxygen atoms in total. The van der Waals surface area contributed by atoms with E-state index in [1.54, 1.807) is 38.1 Å². The fourth-order valence-electron chi connectivity index (χ4n) is 3.18. The normalized spacial score (nSPS) is 15.7. The molecule has 1 aromatic heterocycles. The largest absolute Gasteiger partial charge is 0.351 e. The SMILES string of the molecule is CCN(CC)S(=O)(=O)c1ccc(C=CC(=O)NCCN2C(=O)SC(=Cc3cccs3)C2=O)cc1. The summed E-state index contributed by atoms with van der Waals surface area (Å²) in [4.78, 5) is 39.3. The molecule has 0 spiro atoms. The van der Waals surface area contributed by atoms with Gasteiger partial charge in [0, 0.05) is 37.1 Å². The number of imide groups is 1. The molecule has 3 amide bonds. The van der Waals surface area contributed by atoms with Gasteiger partial charge in [0.15, 0.2) is 0 Å². The number of thiophene rings is 1. The number of carbonyl (C=O) groups is 3. The lowest BCUT2D eigenvalue weighted by Crippen LogP contribution is -2.36. The first-order valence-electron chi connectivity index (χ1n) is 10.6. The molecule has 1 fully saturated rings. The van der Waals surface area contributed by atoms with Gasteiger partial charge in [-0.15, -0.1) is 11.3 Å². The van der Waals surface area contributed by atoms with Crippen molar-refractivity contribution in [2.24, 2.45) is 0 Å². The van der Waals surface area contributed by atoms with Crippen LogP contribution in [0, 0.1) is 0 Å². The Morgan fingerprint density at radius 3 is 2.44 bits per heavy atom. The topological polar surface area (TPSA) is 104 Å². The lowest BCUT2D eigenvalue weighted by Gasteiger charge is -2.18. The fourth-order valence-corrected chi connectivity index (χ4v) is 6.23. The molecule has 0 saturated carbocycles.